The highest BCUT2D eigenvalue weighted by Gasteiger charge is 2.37. The fourth-order valence-electron chi connectivity index (χ4n) is 3.64. The van der Waals surface area contributed by atoms with Crippen molar-refractivity contribution < 1.29 is 40.3 Å². The Balaban J connectivity index is 1.91. The Kier molecular flexibility index (Phi) is 9.23. The van der Waals surface area contributed by atoms with Gasteiger partial charge in [-0.3, -0.25) is 0 Å². The largest absolute Gasteiger partial charge is 0.416 e. The van der Waals surface area contributed by atoms with Gasteiger partial charge in [0.05, 0.1) is 16.7 Å². The number of anilines is 1. The maximum Gasteiger partial charge on any atom is 0.416 e. The SMILES string of the molecule is Cc1cc(F)ccc1-c1cnc(NCCN(C)C)nc1OC(=O)N(C)Cc1cc(C(F)(F)F)cc(C(F)(F)F)c1. The van der Waals surface area contributed by atoms with Gasteiger partial charge in [-0.2, -0.15) is 31.3 Å². The normalized spacial score (nSPS) is 12.0. The molecule has 2 aromatic carbocycles. The van der Waals surface area contributed by atoms with Gasteiger partial charge >= 0.3 is 18.4 Å². The minimum atomic E-state index is -5.03. The van der Waals surface area contributed by atoms with Gasteiger partial charge in [-0.05, 0) is 68.0 Å². The van der Waals surface area contributed by atoms with Crippen molar-refractivity contribution in [2.75, 3.05) is 39.5 Å². The smallest absolute Gasteiger partial charge is 0.390 e. The minimum absolute atomic E-state index is 0.00481. The maximum absolute atomic E-state index is 13.7. The molecule has 0 spiro atoms. The molecule has 0 radical (unpaired) electrons. The zero-order valence-electron chi connectivity index (χ0n) is 21.9. The van der Waals surface area contributed by atoms with Crippen LogP contribution in [0.5, 0.6) is 5.88 Å². The van der Waals surface area contributed by atoms with E-state index < -0.39 is 47.5 Å². The first-order chi connectivity index (χ1) is 18.5. The number of carbonyl (C=O) groups is 1. The van der Waals surface area contributed by atoms with Crippen LogP contribution in [-0.4, -0.2) is 60.1 Å². The lowest BCUT2D eigenvalue weighted by molar-refractivity contribution is -0.143. The second kappa shape index (κ2) is 12.1. The van der Waals surface area contributed by atoms with Crippen LogP contribution in [0.4, 0.5) is 41.5 Å². The minimum Gasteiger partial charge on any atom is -0.390 e. The third kappa shape index (κ3) is 8.04. The van der Waals surface area contributed by atoms with Gasteiger partial charge in [-0.25, -0.2) is 14.2 Å². The molecule has 0 fully saturated rings. The van der Waals surface area contributed by atoms with E-state index in [0.717, 1.165) is 11.9 Å². The van der Waals surface area contributed by atoms with E-state index in [1.165, 1.54) is 24.4 Å². The van der Waals surface area contributed by atoms with Crippen LogP contribution in [0.25, 0.3) is 11.1 Å². The highest BCUT2D eigenvalue weighted by molar-refractivity contribution is 5.77. The average molecular weight is 574 g/mol. The number of halogens is 7. The van der Waals surface area contributed by atoms with Crippen LogP contribution in [-0.2, 0) is 18.9 Å². The van der Waals surface area contributed by atoms with Crippen LogP contribution >= 0.6 is 0 Å². The van der Waals surface area contributed by atoms with E-state index in [1.54, 1.807) is 6.92 Å². The second-order valence-corrected chi connectivity index (χ2v) is 9.24. The molecular formula is C26H26F7N5O2. The molecule has 0 aliphatic heterocycles. The van der Waals surface area contributed by atoms with Gasteiger partial charge in [-0.15, -0.1) is 0 Å². The van der Waals surface area contributed by atoms with Crippen LogP contribution in [0.2, 0.25) is 0 Å². The van der Waals surface area contributed by atoms with Crippen LogP contribution in [0.1, 0.15) is 22.3 Å². The number of hydrogen-bond acceptors (Lipinski definition) is 6. The number of hydrogen-bond donors (Lipinski definition) is 1. The van der Waals surface area contributed by atoms with E-state index in [2.05, 4.69) is 15.3 Å². The molecule has 40 heavy (non-hydrogen) atoms. The third-order valence-corrected chi connectivity index (χ3v) is 5.64. The van der Waals surface area contributed by atoms with E-state index in [0.29, 0.717) is 36.3 Å². The molecule has 0 bridgehead atoms. The molecule has 0 aliphatic rings. The van der Waals surface area contributed by atoms with Gasteiger partial charge in [0.1, 0.15) is 5.82 Å². The number of alkyl halides is 6. The van der Waals surface area contributed by atoms with E-state index in [9.17, 15) is 35.5 Å². The number of ether oxygens (including phenoxy) is 1. The van der Waals surface area contributed by atoms with Crippen molar-refractivity contribution in [3.05, 3.63) is 70.7 Å². The van der Waals surface area contributed by atoms with Crippen molar-refractivity contribution in [1.82, 2.24) is 19.8 Å². The number of aryl methyl sites for hydroxylation is 1. The second-order valence-electron chi connectivity index (χ2n) is 9.24. The van der Waals surface area contributed by atoms with Crippen LogP contribution < -0.4 is 10.1 Å². The standard InChI is InChI=1S/C26H26F7N5O2/c1-15-9-19(27)5-6-20(15)21-13-35-23(34-7-8-37(2)3)36-22(21)40-24(39)38(4)14-16-10-17(25(28,29)30)12-18(11-16)26(31,32)33/h5-6,9-13H,7-8,14H2,1-4H3,(H,34,35,36). The predicted molar refractivity (Wildman–Crippen MR) is 133 cm³/mol. The zero-order chi connectivity index (χ0) is 29.8. The van der Waals surface area contributed by atoms with Crippen LogP contribution in [0.3, 0.4) is 0 Å². The summed E-state index contributed by atoms with van der Waals surface area (Å²) < 4.78 is 98.5. The Morgan fingerprint density at radius 2 is 1.57 bits per heavy atom. The summed E-state index contributed by atoms with van der Waals surface area (Å²) in [7, 11) is 4.86. The maximum atomic E-state index is 13.7. The fraction of sp³-hybridized carbons (Fsp3) is 0.346. The van der Waals surface area contributed by atoms with Gasteiger partial charge in [0.25, 0.3) is 0 Å². The summed E-state index contributed by atoms with van der Waals surface area (Å²) >= 11 is 0. The van der Waals surface area contributed by atoms with Gasteiger partial charge in [0.15, 0.2) is 0 Å². The summed E-state index contributed by atoms with van der Waals surface area (Å²) in [6, 6.07) is 4.95. The summed E-state index contributed by atoms with van der Waals surface area (Å²) in [4.78, 5) is 24.1. The first kappa shape index (κ1) is 30.6. The molecule has 3 aromatic rings. The number of benzene rings is 2. The van der Waals surface area contributed by atoms with Crippen molar-refractivity contribution >= 4 is 12.0 Å². The molecule has 1 amide bonds. The highest BCUT2D eigenvalue weighted by atomic mass is 19.4. The summed E-state index contributed by atoms with van der Waals surface area (Å²) in [6.45, 7) is 2.05. The number of nitrogens with one attached hydrogen (secondary N) is 1. The summed E-state index contributed by atoms with van der Waals surface area (Å²) in [5.41, 5.74) is -2.28. The number of carbonyl (C=O) groups excluding carboxylic acids is 1. The first-order valence-electron chi connectivity index (χ1n) is 11.8. The number of amides is 1. The molecule has 0 unspecified atom stereocenters. The summed E-state index contributed by atoms with van der Waals surface area (Å²) in [5.74, 6) is -0.640. The zero-order valence-corrected chi connectivity index (χ0v) is 21.9. The first-order valence-corrected chi connectivity index (χ1v) is 11.8. The Bertz CT molecular complexity index is 1330. The van der Waals surface area contributed by atoms with Crippen molar-refractivity contribution in [3.63, 3.8) is 0 Å². The molecule has 7 nitrogen and oxygen atoms in total. The van der Waals surface area contributed by atoms with Crippen molar-refractivity contribution in [3.8, 4) is 17.0 Å². The molecule has 0 atom stereocenters. The fourth-order valence-corrected chi connectivity index (χ4v) is 3.64. The van der Waals surface area contributed by atoms with Crippen LogP contribution in [0.15, 0.2) is 42.6 Å². The highest BCUT2D eigenvalue weighted by Crippen LogP contribution is 2.37. The lowest BCUT2D eigenvalue weighted by Crippen LogP contribution is -2.30. The molecule has 0 saturated carbocycles. The van der Waals surface area contributed by atoms with E-state index >= 15 is 0 Å². The molecule has 1 heterocycles. The van der Waals surface area contributed by atoms with Gasteiger partial charge in [0, 0.05) is 32.9 Å². The Morgan fingerprint density at radius 1 is 0.950 bits per heavy atom. The Morgan fingerprint density at radius 3 is 2.12 bits per heavy atom. The molecule has 1 aromatic heterocycles. The summed E-state index contributed by atoms with van der Waals surface area (Å²) in [5, 5.41) is 2.96. The molecule has 14 heteroatoms. The third-order valence-electron chi connectivity index (χ3n) is 5.64. The van der Waals surface area contributed by atoms with E-state index in [-0.39, 0.29) is 23.5 Å². The van der Waals surface area contributed by atoms with Crippen molar-refractivity contribution in [1.29, 1.82) is 0 Å². The predicted octanol–water partition coefficient (Wildman–Crippen LogP) is 6.23. The average Bonchev–Trinajstić information content (AvgIpc) is 2.83. The molecule has 1 N–H and O–H groups in total. The van der Waals surface area contributed by atoms with Gasteiger partial charge in [-0.1, -0.05) is 6.07 Å². The number of likely N-dealkylation sites (N-methyl/N-ethyl adjacent to an activating group) is 1. The lowest BCUT2D eigenvalue weighted by atomic mass is 10.0. The van der Waals surface area contributed by atoms with Crippen molar-refractivity contribution in [2.45, 2.75) is 25.8 Å². The number of rotatable bonds is 8. The number of aromatic nitrogens is 2. The monoisotopic (exact) mass is 573 g/mol. The lowest BCUT2D eigenvalue weighted by Gasteiger charge is -2.20. The molecule has 216 valence electrons. The van der Waals surface area contributed by atoms with Crippen molar-refractivity contribution in [2.24, 2.45) is 0 Å². The quantitative estimate of drug-likeness (QED) is 0.322. The summed E-state index contributed by atoms with van der Waals surface area (Å²) in [6.07, 6.45) is -9.82. The molecule has 0 aliphatic carbocycles. The van der Waals surface area contributed by atoms with Crippen LogP contribution in [0, 0.1) is 12.7 Å². The Labute approximate surface area is 225 Å². The topological polar surface area (TPSA) is 70.6 Å². The van der Waals surface area contributed by atoms with Gasteiger partial charge in [0.2, 0.25) is 11.8 Å². The van der Waals surface area contributed by atoms with E-state index in [4.69, 9.17) is 4.74 Å². The molecule has 0 saturated heterocycles. The number of nitrogens with zero attached hydrogens (tertiary/aromatic N) is 4. The van der Waals surface area contributed by atoms with E-state index in [1.807, 2.05) is 19.0 Å². The Hall–Kier alpha value is -3.94. The van der Waals surface area contributed by atoms with Gasteiger partial charge < -0.3 is 19.9 Å². The molecule has 3 rings (SSSR count). The molecular weight excluding hydrogens is 547 g/mol.